The average molecular weight is 246 g/mol. The fourth-order valence-electron chi connectivity index (χ4n) is 2.46. The highest BCUT2D eigenvalue weighted by Gasteiger charge is 2.40. The van der Waals surface area contributed by atoms with Gasteiger partial charge in [0.25, 0.3) is 0 Å². The molecule has 1 saturated carbocycles. The van der Waals surface area contributed by atoms with Gasteiger partial charge in [0.1, 0.15) is 5.82 Å². The third kappa shape index (κ3) is 3.08. The Labute approximate surface area is 108 Å². The normalized spacial score (nSPS) is 16.3. The summed E-state index contributed by atoms with van der Waals surface area (Å²) in [5, 5.41) is 12.1. The highest BCUT2D eigenvalue weighted by atomic mass is 19.1. The summed E-state index contributed by atoms with van der Waals surface area (Å²) < 4.78 is 13.5. The summed E-state index contributed by atoms with van der Waals surface area (Å²) in [6.45, 7) is 3.67. The quantitative estimate of drug-likeness (QED) is 0.835. The van der Waals surface area contributed by atoms with Gasteiger partial charge in [-0.1, -0.05) is 13.3 Å². The van der Waals surface area contributed by atoms with Crippen molar-refractivity contribution in [1.82, 2.24) is 5.32 Å². The van der Waals surface area contributed by atoms with E-state index in [-0.39, 0.29) is 5.82 Å². The summed E-state index contributed by atoms with van der Waals surface area (Å²) in [7, 11) is 0. The zero-order valence-electron chi connectivity index (χ0n) is 10.8. The summed E-state index contributed by atoms with van der Waals surface area (Å²) in [6.07, 6.45) is 5.03. The zero-order valence-corrected chi connectivity index (χ0v) is 10.8. The van der Waals surface area contributed by atoms with E-state index < -0.39 is 0 Å². The number of nitriles is 1. The lowest BCUT2D eigenvalue weighted by Crippen LogP contribution is -2.24. The second kappa shape index (κ2) is 5.49. The molecule has 1 aromatic carbocycles. The number of nitrogens with zero attached hydrogens (tertiary/aromatic N) is 1. The van der Waals surface area contributed by atoms with Gasteiger partial charge >= 0.3 is 0 Å². The lowest BCUT2D eigenvalue weighted by atomic mass is 10.0. The average Bonchev–Trinajstić information content (AvgIpc) is 3.12. The van der Waals surface area contributed by atoms with Gasteiger partial charge in [0.15, 0.2) is 0 Å². The van der Waals surface area contributed by atoms with Crippen molar-refractivity contribution < 1.29 is 4.39 Å². The van der Waals surface area contributed by atoms with Gasteiger partial charge < -0.3 is 5.32 Å². The number of benzene rings is 1. The van der Waals surface area contributed by atoms with Crippen LogP contribution in [0.15, 0.2) is 18.2 Å². The lowest BCUT2D eigenvalue weighted by Gasteiger charge is -2.15. The lowest BCUT2D eigenvalue weighted by molar-refractivity contribution is 0.418. The Morgan fingerprint density at radius 1 is 1.44 bits per heavy atom. The molecule has 2 rings (SSSR count). The van der Waals surface area contributed by atoms with Crippen LogP contribution in [0.1, 0.15) is 43.7 Å². The molecular weight excluding hydrogens is 227 g/mol. The first-order valence-electron chi connectivity index (χ1n) is 6.58. The monoisotopic (exact) mass is 246 g/mol. The van der Waals surface area contributed by atoms with Gasteiger partial charge in [-0.15, -0.1) is 0 Å². The summed E-state index contributed by atoms with van der Waals surface area (Å²) in [5.74, 6) is -0.234. The Hall–Kier alpha value is -1.40. The molecule has 0 saturated heterocycles. The maximum atomic E-state index is 13.5. The first-order chi connectivity index (χ1) is 8.69. The zero-order chi connectivity index (χ0) is 13.0. The minimum absolute atomic E-state index is 0.234. The Kier molecular flexibility index (Phi) is 3.98. The molecular formula is C15H19FN2. The van der Waals surface area contributed by atoms with Crippen LogP contribution in [-0.2, 0) is 6.54 Å². The van der Waals surface area contributed by atoms with Crippen LogP contribution in [0.2, 0.25) is 0 Å². The summed E-state index contributed by atoms with van der Waals surface area (Å²) in [6, 6.07) is 6.55. The van der Waals surface area contributed by atoms with Crippen LogP contribution in [0.3, 0.4) is 0 Å². The topological polar surface area (TPSA) is 35.8 Å². The smallest absolute Gasteiger partial charge is 0.127 e. The van der Waals surface area contributed by atoms with Gasteiger partial charge in [-0.25, -0.2) is 4.39 Å². The highest BCUT2D eigenvalue weighted by molar-refractivity contribution is 5.33. The van der Waals surface area contributed by atoms with Crippen LogP contribution in [0.4, 0.5) is 4.39 Å². The Bertz CT molecular complexity index is 458. The molecule has 0 radical (unpaired) electrons. The maximum Gasteiger partial charge on any atom is 0.127 e. The molecule has 0 spiro atoms. The maximum absolute atomic E-state index is 13.5. The van der Waals surface area contributed by atoms with E-state index in [1.165, 1.54) is 37.8 Å². The number of rotatable bonds is 6. The van der Waals surface area contributed by atoms with Crippen LogP contribution in [0.5, 0.6) is 0 Å². The third-order valence-corrected chi connectivity index (χ3v) is 3.73. The molecule has 0 aromatic heterocycles. The van der Waals surface area contributed by atoms with Crippen LogP contribution >= 0.6 is 0 Å². The Morgan fingerprint density at radius 3 is 2.83 bits per heavy atom. The van der Waals surface area contributed by atoms with Gasteiger partial charge in [0.2, 0.25) is 0 Å². The first-order valence-corrected chi connectivity index (χ1v) is 6.58. The second-order valence-corrected chi connectivity index (χ2v) is 5.27. The SMILES string of the molecule is CCCC1(CNCc2cc(C#N)ccc2F)CC1. The molecule has 1 aliphatic carbocycles. The van der Waals surface area contributed by atoms with Crippen molar-refractivity contribution in [3.8, 4) is 6.07 Å². The van der Waals surface area contributed by atoms with Gasteiger partial charge in [0, 0.05) is 18.7 Å². The number of halogens is 1. The molecule has 0 atom stereocenters. The molecule has 0 heterocycles. The first kappa shape index (κ1) is 13.0. The van der Waals surface area contributed by atoms with Gasteiger partial charge in [-0.05, 0) is 42.9 Å². The molecule has 3 heteroatoms. The molecule has 1 N–H and O–H groups in total. The van der Waals surface area contributed by atoms with Gasteiger partial charge in [-0.3, -0.25) is 0 Å². The number of hydrogen-bond acceptors (Lipinski definition) is 2. The molecule has 1 aromatic rings. The summed E-state index contributed by atoms with van der Waals surface area (Å²) >= 11 is 0. The van der Waals surface area contributed by atoms with Crippen LogP contribution in [0.25, 0.3) is 0 Å². The molecule has 0 aliphatic heterocycles. The Morgan fingerprint density at radius 2 is 2.22 bits per heavy atom. The van der Waals surface area contributed by atoms with Gasteiger partial charge in [-0.2, -0.15) is 5.26 Å². The van der Waals surface area contributed by atoms with Crippen molar-refractivity contribution in [3.05, 3.63) is 35.1 Å². The summed E-state index contributed by atoms with van der Waals surface area (Å²) in [5.41, 5.74) is 1.57. The van der Waals surface area contributed by atoms with E-state index >= 15 is 0 Å². The second-order valence-electron chi connectivity index (χ2n) is 5.27. The number of nitrogens with one attached hydrogen (secondary N) is 1. The third-order valence-electron chi connectivity index (χ3n) is 3.73. The van der Waals surface area contributed by atoms with E-state index in [4.69, 9.17) is 5.26 Å². The van der Waals surface area contributed by atoms with Crippen molar-refractivity contribution in [2.45, 2.75) is 39.2 Å². The fourth-order valence-corrected chi connectivity index (χ4v) is 2.46. The molecule has 0 bridgehead atoms. The molecule has 1 aliphatic rings. The van der Waals surface area contributed by atoms with E-state index in [1.54, 1.807) is 6.07 Å². The van der Waals surface area contributed by atoms with Crippen LogP contribution in [0, 0.1) is 22.6 Å². The van der Waals surface area contributed by atoms with Crippen molar-refractivity contribution in [2.24, 2.45) is 5.41 Å². The van der Waals surface area contributed by atoms with Crippen LogP contribution in [-0.4, -0.2) is 6.54 Å². The Balaban J connectivity index is 1.89. The predicted molar refractivity (Wildman–Crippen MR) is 69.4 cm³/mol. The largest absolute Gasteiger partial charge is 0.312 e. The highest BCUT2D eigenvalue weighted by Crippen LogP contribution is 2.48. The van der Waals surface area contributed by atoms with Crippen molar-refractivity contribution in [1.29, 1.82) is 5.26 Å². The van der Waals surface area contributed by atoms with E-state index in [2.05, 4.69) is 12.2 Å². The minimum atomic E-state index is -0.234. The molecule has 2 nitrogen and oxygen atoms in total. The van der Waals surface area contributed by atoms with E-state index in [0.29, 0.717) is 23.1 Å². The van der Waals surface area contributed by atoms with E-state index in [0.717, 1.165) is 6.54 Å². The predicted octanol–water partition coefficient (Wildman–Crippen LogP) is 3.37. The number of hydrogen-bond donors (Lipinski definition) is 1. The molecule has 18 heavy (non-hydrogen) atoms. The van der Waals surface area contributed by atoms with Crippen molar-refractivity contribution in [2.75, 3.05) is 6.54 Å². The standard InChI is InChI=1S/C15H19FN2/c1-2-5-15(6-7-15)11-18-10-13-8-12(9-17)3-4-14(13)16/h3-4,8,18H,2,5-7,10-11H2,1H3. The minimum Gasteiger partial charge on any atom is -0.312 e. The molecule has 96 valence electrons. The molecule has 0 unspecified atom stereocenters. The molecule has 0 amide bonds. The van der Waals surface area contributed by atoms with E-state index in [1.807, 2.05) is 6.07 Å². The van der Waals surface area contributed by atoms with Crippen molar-refractivity contribution in [3.63, 3.8) is 0 Å². The fraction of sp³-hybridized carbons (Fsp3) is 0.533. The van der Waals surface area contributed by atoms with E-state index in [9.17, 15) is 4.39 Å². The summed E-state index contributed by atoms with van der Waals surface area (Å²) in [4.78, 5) is 0. The van der Waals surface area contributed by atoms with Gasteiger partial charge in [0.05, 0.1) is 11.6 Å². The molecule has 1 fully saturated rings. The van der Waals surface area contributed by atoms with Crippen molar-refractivity contribution >= 4 is 0 Å². The van der Waals surface area contributed by atoms with Crippen LogP contribution < -0.4 is 5.32 Å².